The zero-order valence-electron chi connectivity index (χ0n) is 6.77. The number of hydrazine groups is 1. The van der Waals surface area contributed by atoms with Gasteiger partial charge in [-0.05, 0) is 12.1 Å². The van der Waals surface area contributed by atoms with Gasteiger partial charge >= 0.3 is 0 Å². The summed E-state index contributed by atoms with van der Waals surface area (Å²) in [7, 11) is 0. The minimum atomic E-state index is 0.707. The van der Waals surface area contributed by atoms with Crippen LogP contribution in [0.3, 0.4) is 0 Å². The van der Waals surface area contributed by atoms with Crippen molar-refractivity contribution in [1.82, 2.24) is 9.97 Å². The second-order valence-electron chi connectivity index (χ2n) is 2.42. The molecule has 0 aliphatic rings. The van der Waals surface area contributed by atoms with Crippen LogP contribution in [0, 0.1) is 0 Å². The third kappa shape index (κ3) is 1.66. The summed E-state index contributed by atoms with van der Waals surface area (Å²) in [6.45, 7) is 0. The summed E-state index contributed by atoms with van der Waals surface area (Å²) in [5.74, 6) is 5.22. The number of hydrogen-bond acceptors (Lipinski definition) is 5. The quantitative estimate of drug-likeness (QED) is 0.559. The second kappa shape index (κ2) is 3.51. The predicted molar refractivity (Wildman–Crippen MR) is 53.2 cm³/mol. The zero-order chi connectivity index (χ0) is 9.10. The third-order valence-electron chi connectivity index (χ3n) is 1.58. The SMILES string of the molecule is NNc1nc(-c2cccnc2)cs1. The van der Waals surface area contributed by atoms with Crippen molar-refractivity contribution in [1.29, 1.82) is 0 Å². The number of nitrogens with zero attached hydrogens (tertiary/aromatic N) is 2. The molecule has 5 heteroatoms. The number of hydrogen-bond donors (Lipinski definition) is 2. The van der Waals surface area contributed by atoms with Crippen molar-refractivity contribution in [2.24, 2.45) is 5.84 Å². The van der Waals surface area contributed by atoms with Crippen LogP contribution >= 0.6 is 11.3 Å². The summed E-state index contributed by atoms with van der Waals surface area (Å²) >= 11 is 1.47. The van der Waals surface area contributed by atoms with E-state index in [4.69, 9.17) is 5.84 Å². The summed E-state index contributed by atoms with van der Waals surface area (Å²) in [5.41, 5.74) is 4.40. The fraction of sp³-hybridized carbons (Fsp3) is 0. The van der Waals surface area contributed by atoms with Gasteiger partial charge in [0.2, 0.25) is 0 Å². The molecule has 0 fully saturated rings. The van der Waals surface area contributed by atoms with Crippen LogP contribution in [-0.2, 0) is 0 Å². The molecule has 2 aromatic heterocycles. The lowest BCUT2D eigenvalue weighted by Crippen LogP contribution is -2.05. The highest BCUT2D eigenvalue weighted by molar-refractivity contribution is 7.14. The van der Waals surface area contributed by atoms with E-state index in [2.05, 4.69) is 15.4 Å². The number of nitrogens with two attached hydrogens (primary N) is 1. The number of pyridine rings is 1. The van der Waals surface area contributed by atoms with E-state index in [1.165, 1.54) is 11.3 Å². The molecule has 0 saturated heterocycles. The van der Waals surface area contributed by atoms with Crippen LogP contribution in [0.1, 0.15) is 0 Å². The van der Waals surface area contributed by atoms with Crippen LogP contribution in [-0.4, -0.2) is 9.97 Å². The molecule has 0 bridgehead atoms. The van der Waals surface area contributed by atoms with Gasteiger partial charge in [-0.15, -0.1) is 11.3 Å². The van der Waals surface area contributed by atoms with E-state index in [1.54, 1.807) is 12.4 Å². The summed E-state index contributed by atoms with van der Waals surface area (Å²) in [6.07, 6.45) is 3.51. The Morgan fingerprint density at radius 2 is 2.38 bits per heavy atom. The van der Waals surface area contributed by atoms with Gasteiger partial charge in [0, 0.05) is 23.3 Å². The van der Waals surface area contributed by atoms with E-state index >= 15 is 0 Å². The Hall–Kier alpha value is -1.46. The normalized spacial score (nSPS) is 9.92. The number of rotatable bonds is 2. The van der Waals surface area contributed by atoms with Crippen molar-refractivity contribution < 1.29 is 0 Å². The van der Waals surface area contributed by atoms with Gasteiger partial charge in [0.05, 0.1) is 5.69 Å². The molecule has 2 heterocycles. The molecule has 0 spiro atoms. The lowest BCUT2D eigenvalue weighted by atomic mass is 10.2. The van der Waals surface area contributed by atoms with E-state index in [-0.39, 0.29) is 0 Å². The molecule has 0 aliphatic heterocycles. The topological polar surface area (TPSA) is 63.8 Å². The molecule has 2 rings (SSSR count). The molecular weight excluding hydrogens is 184 g/mol. The summed E-state index contributed by atoms with van der Waals surface area (Å²) in [4.78, 5) is 8.25. The molecule has 0 aromatic carbocycles. The highest BCUT2D eigenvalue weighted by atomic mass is 32.1. The highest BCUT2D eigenvalue weighted by Gasteiger charge is 2.01. The van der Waals surface area contributed by atoms with Crippen LogP contribution in [0.2, 0.25) is 0 Å². The fourth-order valence-corrected chi connectivity index (χ4v) is 1.62. The van der Waals surface area contributed by atoms with Crippen molar-refractivity contribution in [2.75, 3.05) is 5.43 Å². The first-order valence-electron chi connectivity index (χ1n) is 3.72. The largest absolute Gasteiger partial charge is 0.300 e. The molecule has 66 valence electrons. The Kier molecular flexibility index (Phi) is 2.20. The Bertz CT molecular complexity index is 384. The number of aromatic nitrogens is 2. The molecule has 2 aromatic rings. The summed E-state index contributed by atoms with van der Waals surface area (Å²) < 4.78 is 0. The fourth-order valence-electron chi connectivity index (χ4n) is 0.987. The number of nitrogen functional groups attached to an aromatic ring is 1. The van der Waals surface area contributed by atoms with E-state index in [0.717, 1.165) is 11.3 Å². The molecule has 0 atom stereocenters. The number of nitrogens with one attached hydrogen (secondary N) is 1. The van der Waals surface area contributed by atoms with E-state index in [1.807, 2.05) is 17.5 Å². The molecule has 0 amide bonds. The van der Waals surface area contributed by atoms with E-state index in [9.17, 15) is 0 Å². The summed E-state index contributed by atoms with van der Waals surface area (Å²) in [5, 5.41) is 2.64. The van der Waals surface area contributed by atoms with Gasteiger partial charge in [-0.2, -0.15) is 0 Å². The van der Waals surface area contributed by atoms with Crippen molar-refractivity contribution in [2.45, 2.75) is 0 Å². The highest BCUT2D eigenvalue weighted by Crippen LogP contribution is 2.22. The minimum absolute atomic E-state index is 0.707. The number of anilines is 1. The lowest BCUT2D eigenvalue weighted by Gasteiger charge is -1.93. The minimum Gasteiger partial charge on any atom is -0.300 e. The number of thiazole rings is 1. The molecule has 0 radical (unpaired) electrons. The van der Waals surface area contributed by atoms with Crippen LogP contribution in [0.5, 0.6) is 0 Å². The van der Waals surface area contributed by atoms with Crippen molar-refractivity contribution >= 4 is 16.5 Å². The lowest BCUT2D eigenvalue weighted by molar-refractivity contribution is 1.27. The predicted octanol–water partition coefficient (Wildman–Crippen LogP) is 1.49. The maximum absolute atomic E-state index is 5.22. The molecule has 4 nitrogen and oxygen atoms in total. The van der Waals surface area contributed by atoms with Gasteiger partial charge < -0.3 is 0 Å². The van der Waals surface area contributed by atoms with E-state index in [0.29, 0.717) is 5.13 Å². The third-order valence-corrected chi connectivity index (χ3v) is 2.36. The molecular formula is C8H8N4S. The van der Waals surface area contributed by atoms with Gasteiger partial charge in [0.1, 0.15) is 0 Å². The second-order valence-corrected chi connectivity index (χ2v) is 3.28. The van der Waals surface area contributed by atoms with Gasteiger partial charge in [0.15, 0.2) is 5.13 Å². The van der Waals surface area contributed by atoms with Crippen LogP contribution in [0.15, 0.2) is 29.9 Å². The maximum atomic E-state index is 5.22. The first kappa shape index (κ1) is 8.15. The molecule has 0 aliphatic carbocycles. The monoisotopic (exact) mass is 192 g/mol. The standard InChI is InChI=1S/C8H8N4S/c9-12-8-11-7(5-13-8)6-2-1-3-10-4-6/h1-5H,9H2,(H,11,12). The van der Waals surface area contributed by atoms with Crippen molar-refractivity contribution in [3.63, 3.8) is 0 Å². The smallest absolute Gasteiger partial charge is 0.197 e. The van der Waals surface area contributed by atoms with Gasteiger partial charge in [-0.25, -0.2) is 10.8 Å². The van der Waals surface area contributed by atoms with Gasteiger partial charge in [-0.1, -0.05) is 0 Å². The molecule has 0 unspecified atom stereocenters. The average molecular weight is 192 g/mol. The zero-order valence-corrected chi connectivity index (χ0v) is 7.58. The molecule has 13 heavy (non-hydrogen) atoms. The first-order chi connectivity index (χ1) is 6.40. The van der Waals surface area contributed by atoms with Gasteiger partial charge in [0.25, 0.3) is 0 Å². The van der Waals surface area contributed by atoms with Crippen molar-refractivity contribution in [3.8, 4) is 11.3 Å². The Balaban J connectivity index is 2.36. The van der Waals surface area contributed by atoms with Crippen LogP contribution < -0.4 is 11.3 Å². The average Bonchev–Trinajstić information content (AvgIpc) is 2.67. The van der Waals surface area contributed by atoms with Crippen molar-refractivity contribution in [3.05, 3.63) is 29.9 Å². The van der Waals surface area contributed by atoms with Crippen LogP contribution in [0.25, 0.3) is 11.3 Å². The Morgan fingerprint density at radius 1 is 1.46 bits per heavy atom. The van der Waals surface area contributed by atoms with Gasteiger partial charge in [-0.3, -0.25) is 10.4 Å². The molecule has 3 N–H and O–H groups in total. The summed E-state index contributed by atoms with van der Waals surface area (Å²) in [6, 6.07) is 3.84. The van der Waals surface area contributed by atoms with E-state index < -0.39 is 0 Å². The Labute approximate surface area is 79.4 Å². The first-order valence-corrected chi connectivity index (χ1v) is 4.60. The van der Waals surface area contributed by atoms with Crippen LogP contribution in [0.4, 0.5) is 5.13 Å². The maximum Gasteiger partial charge on any atom is 0.197 e. The molecule has 0 saturated carbocycles. The Morgan fingerprint density at radius 3 is 3.00 bits per heavy atom.